The molecule has 0 fully saturated rings. The van der Waals surface area contributed by atoms with Crippen molar-refractivity contribution in [2.75, 3.05) is 6.61 Å². The van der Waals surface area contributed by atoms with Gasteiger partial charge in [-0.2, -0.15) is 10.2 Å². The summed E-state index contributed by atoms with van der Waals surface area (Å²) in [7, 11) is 0. The molecule has 0 amide bonds. The van der Waals surface area contributed by atoms with Crippen molar-refractivity contribution in [3.05, 3.63) is 88.5 Å². The molecule has 9 nitrogen and oxygen atoms in total. The minimum absolute atomic E-state index is 0.00642. The Morgan fingerprint density at radius 2 is 1.42 bits per heavy atom. The molecule has 0 bridgehead atoms. The van der Waals surface area contributed by atoms with Crippen LogP contribution in [0, 0.1) is 10.1 Å². The molecule has 0 saturated heterocycles. The minimum atomic E-state index is -1.31. The molecule has 3 aromatic carbocycles. The maximum atomic E-state index is 11.1. The van der Waals surface area contributed by atoms with Crippen LogP contribution in [0.3, 0.4) is 0 Å². The Bertz CT molecular complexity index is 1120. The minimum Gasteiger partial charge on any atom is -0.493 e. The molecule has 0 saturated carbocycles. The van der Waals surface area contributed by atoms with Crippen LogP contribution in [0.25, 0.3) is 0 Å². The summed E-state index contributed by atoms with van der Waals surface area (Å²) < 4.78 is 11.2. The number of rotatable bonds is 10. The average molecular weight is 449 g/mol. The summed E-state index contributed by atoms with van der Waals surface area (Å²) in [6, 6.07) is 20.2. The van der Waals surface area contributed by atoms with Crippen LogP contribution in [0.2, 0.25) is 0 Å². The molecular weight excluding hydrogens is 426 g/mol. The molecule has 170 valence electrons. The van der Waals surface area contributed by atoms with E-state index < -0.39 is 16.5 Å². The highest BCUT2D eigenvalue weighted by Crippen LogP contribution is 2.23. The van der Waals surface area contributed by atoms with E-state index in [-0.39, 0.29) is 5.69 Å². The topological polar surface area (TPSA) is 124 Å². The molecule has 0 aliphatic rings. The molecule has 0 aromatic heterocycles. The van der Waals surface area contributed by atoms with Crippen molar-refractivity contribution in [2.24, 2.45) is 10.2 Å². The highest BCUT2D eigenvalue weighted by molar-refractivity contribution is 5.76. The summed E-state index contributed by atoms with van der Waals surface area (Å²) in [6.45, 7) is 3.44. The van der Waals surface area contributed by atoms with E-state index in [2.05, 4.69) is 10.2 Å². The van der Waals surface area contributed by atoms with Crippen molar-refractivity contribution in [1.29, 1.82) is 0 Å². The van der Waals surface area contributed by atoms with E-state index >= 15 is 0 Å². The van der Waals surface area contributed by atoms with Gasteiger partial charge in [-0.15, -0.1) is 0 Å². The number of hydrogen-bond acceptors (Lipinski definition) is 7. The van der Waals surface area contributed by atoms with Crippen molar-refractivity contribution < 1.29 is 24.3 Å². The highest BCUT2D eigenvalue weighted by atomic mass is 16.6. The fraction of sp³-hybridized carbons (Fsp3) is 0.208. The van der Waals surface area contributed by atoms with Gasteiger partial charge in [-0.25, -0.2) is 4.79 Å². The molecule has 0 aliphatic heterocycles. The molecule has 0 radical (unpaired) electrons. The second kappa shape index (κ2) is 10.4. The SMILES string of the molecule is CC(C)(Oc1ccc(OCCc2ccc(N=Nc3ccc([N+](=O)[O-])cc3)cc2)cc1)C(=O)O. The van der Waals surface area contributed by atoms with Crippen LogP contribution >= 0.6 is 0 Å². The number of nitrogens with zero attached hydrogens (tertiary/aromatic N) is 3. The Morgan fingerprint density at radius 1 is 0.909 bits per heavy atom. The number of azo groups is 1. The summed E-state index contributed by atoms with van der Waals surface area (Å²) in [5, 5.41) is 28.0. The lowest BCUT2D eigenvalue weighted by Crippen LogP contribution is -2.37. The summed E-state index contributed by atoms with van der Waals surface area (Å²) in [4.78, 5) is 21.4. The van der Waals surface area contributed by atoms with Crippen LogP contribution in [0.15, 0.2) is 83.0 Å². The number of nitro benzene ring substituents is 1. The summed E-state index contributed by atoms with van der Waals surface area (Å²) in [5.74, 6) is 0.0684. The van der Waals surface area contributed by atoms with Crippen LogP contribution < -0.4 is 9.47 Å². The number of aliphatic carboxylic acids is 1. The van der Waals surface area contributed by atoms with Gasteiger partial charge in [-0.1, -0.05) is 12.1 Å². The van der Waals surface area contributed by atoms with Gasteiger partial charge in [-0.3, -0.25) is 10.1 Å². The van der Waals surface area contributed by atoms with E-state index in [0.717, 1.165) is 5.56 Å². The third-order valence-corrected chi connectivity index (χ3v) is 4.65. The molecule has 0 atom stereocenters. The van der Waals surface area contributed by atoms with Gasteiger partial charge < -0.3 is 14.6 Å². The summed E-state index contributed by atoms with van der Waals surface area (Å²) in [6.07, 6.45) is 0.685. The third-order valence-electron chi connectivity index (χ3n) is 4.65. The Labute approximate surface area is 190 Å². The van der Waals surface area contributed by atoms with Crippen molar-refractivity contribution >= 4 is 23.0 Å². The van der Waals surface area contributed by atoms with Crippen LogP contribution in [-0.4, -0.2) is 28.2 Å². The maximum absolute atomic E-state index is 11.1. The first kappa shape index (κ1) is 23.4. The normalized spacial score (nSPS) is 11.3. The Kier molecular flexibility index (Phi) is 7.34. The molecule has 1 N–H and O–H groups in total. The van der Waals surface area contributed by atoms with Crippen molar-refractivity contribution in [1.82, 2.24) is 0 Å². The van der Waals surface area contributed by atoms with Gasteiger partial charge in [-0.05, 0) is 67.9 Å². The van der Waals surface area contributed by atoms with E-state index in [1.807, 2.05) is 24.3 Å². The summed E-state index contributed by atoms with van der Waals surface area (Å²) >= 11 is 0. The predicted octanol–water partition coefficient (Wildman–Crippen LogP) is 5.87. The monoisotopic (exact) mass is 449 g/mol. The number of nitro groups is 1. The first-order valence-corrected chi connectivity index (χ1v) is 10.1. The fourth-order valence-corrected chi connectivity index (χ4v) is 2.71. The number of carbonyl (C=O) groups is 1. The van der Waals surface area contributed by atoms with Gasteiger partial charge >= 0.3 is 5.97 Å². The average Bonchev–Trinajstić information content (AvgIpc) is 2.79. The molecule has 0 aliphatic carbocycles. The highest BCUT2D eigenvalue weighted by Gasteiger charge is 2.29. The van der Waals surface area contributed by atoms with E-state index in [4.69, 9.17) is 14.6 Å². The predicted molar refractivity (Wildman–Crippen MR) is 122 cm³/mol. The molecule has 0 spiro atoms. The molecule has 3 rings (SSSR count). The molecule has 3 aromatic rings. The second-order valence-electron chi connectivity index (χ2n) is 7.63. The van der Waals surface area contributed by atoms with E-state index in [9.17, 15) is 14.9 Å². The Balaban J connectivity index is 1.47. The quantitative estimate of drug-likeness (QED) is 0.234. The largest absolute Gasteiger partial charge is 0.493 e. The number of ether oxygens (including phenoxy) is 2. The molecule has 0 heterocycles. The van der Waals surface area contributed by atoms with Gasteiger partial charge in [0.05, 0.1) is 22.9 Å². The van der Waals surface area contributed by atoms with Gasteiger partial charge in [0.25, 0.3) is 5.69 Å². The van der Waals surface area contributed by atoms with Gasteiger partial charge in [0.1, 0.15) is 11.5 Å². The Hall–Kier alpha value is -4.27. The van der Waals surface area contributed by atoms with Crippen molar-refractivity contribution in [3.63, 3.8) is 0 Å². The standard InChI is InChI=1S/C24H23N3O6/c1-24(2,23(28)29)33-22-13-11-21(12-14-22)32-16-15-17-3-5-18(6-4-17)25-26-19-7-9-20(10-8-19)27(30)31/h3-14H,15-16H2,1-2H3,(H,28,29). The zero-order chi connectivity index (χ0) is 23.8. The first-order chi connectivity index (χ1) is 15.7. The van der Waals surface area contributed by atoms with E-state index in [1.54, 1.807) is 36.4 Å². The molecule has 0 unspecified atom stereocenters. The molecule has 33 heavy (non-hydrogen) atoms. The lowest BCUT2D eigenvalue weighted by molar-refractivity contribution is -0.384. The van der Waals surface area contributed by atoms with Crippen LogP contribution in [0.1, 0.15) is 19.4 Å². The van der Waals surface area contributed by atoms with Crippen molar-refractivity contribution in [2.45, 2.75) is 25.9 Å². The zero-order valence-corrected chi connectivity index (χ0v) is 18.2. The first-order valence-electron chi connectivity index (χ1n) is 10.1. The van der Waals surface area contributed by atoms with Crippen LogP contribution in [0.4, 0.5) is 17.1 Å². The van der Waals surface area contributed by atoms with Crippen molar-refractivity contribution in [3.8, 4) is 11.5 Å². The van der Waals surface area contributed by atoms with Gasteiger partial charge in [0.2, 0.25) is 0 Å². The number of benzene rings is 3. The maximum Gasteiger partial charge on any atom is 0.347 e. The number of carboxylic acids is 1. The molecule has 9 heteroatoms. The van der Waals surface area contributed by atoms with E-state index in [1.165, 1.54) is 26.0 Å². The van der Waals surface area contributed by atoms with E-state index in [0.29, 0.717) is 35.9 Å². The number of hydrogen-bond donors (Lipinski definition) is 1. The molecular formula is C24H23N3O6. The van der Waals surface area contributed by atoms with Gasteiger partial charge in [0.15, 0.2) is 5.60 Å². The Morgan fingerprint density at radius 3 is 1.94 bits per heavy atom. The van der Waals surface area contributed by atoms with Crippen LogP contribution in [-0.2, 0) is 11.2 Å². The number of carboxylic acid groups (broad SMARTS) is 1. The second-order valence-corrected chi connectivity index (χ2v) is 7.63. The zero-order valence-electron chi connectivity index (χ0n) is 18.2. The van der Waals surface area contributed by atoms with Crippen LogP contribution in [0.5, 0.6) is 11.5 Å². The smallest absolute Gasteiger partial charge is 0.347 e. The lowest BCUT2D eigenvalue weighted by atomic mass is 10.1. The van der Waals surface area contributed by atoms with Gasteiger partial charge in [0, 0.05) is 18.6 Å². The fourth-order valence-electron chi connectivity index (χ4n) is 2.71. The lowest BCUT2D eigenvalue weighted by Gasteiger charge is -2.21. The summed E-state index contributed by atoms with van der Waals surface area (Å²) in [5.41, 5.74) is 0.953. The third kappa shape index (κ3) is 6.86. The number of non-ortho nitro benzene ring substituents is 1.